The number of primary sulfonamides is 1. The number of hydrogen-bond donors (Lipinski definition) is 2. The highest BCUT2D eigenvalue weighted by Crippen LogP contribution is 2.13. The van der Waals surface area contributed by atoms with E-state index in [-0.39, 0.29) is 4.90 Å². The molecule has 0 aliphatic carbocycles. The summed E-state index contributed by atoms with van der Waals surface area (Å²) in [6, 6.07) is 8.28. The molecule has 19 heavy (non-hydrogen) atoms. The van der Waals surface area contributed by atoms with Crippen LogP contribution in [0.25, 0.3) is 0 Å². The predicted molar refractivity (Wildman–Crippen MR) is 73.0 cm³/mol. The molecule has 2 aromatic rings. The maximum Gasteiger partial charge on any atom is 0.238 e. The molecule has 0 fully saturated rings. The number of aromatic nitrogens is 2. The van der Waals surface area contributed by atoms with Crippen LogP contribution in [-0.4, -0.2) is 18.2 Å². The first-order chi connectivity index (χ1) is 9.00. The predicted octanol–water partition coefficient (Wildman–Crippen LogP) is 1.16. The molecule has 0 bridgehead atoms. The van der Waals surface area contributed by atoms with Crippen LogP contribution in [0, 0.1) is 0 Å². The van der Waals surface area contributed by atoms with Gasteiger partial charge < -0.3 is 5.32 Å². The molecule has 7 heteroatoms. The Morgan fingerprint density at radius 2 is 1.95 bits per heavy atom. The van der Waals surface area contributed by atoms with Crippen molar-refractivity contribution >= 4 is 15.7 Å². The van der Waals surface area contributed by atoms with Crippen molar-refractivity contribution in [3.05, 3.63) is 42.2 Å². The third-order valence-corrected chi connectivity index (χ3v) is 3.69. The van der Waals surface area contributed by atoms with Crippen LogP contribution in [0.4, 0.5) is 5.69 Å². The number of nitrogens with one attached hydrogen (secondary N) is 1. The van der Waals surface area contributed by atoms with Gasteiger partial charge in [0.2, 0.25) is 10.0 Å². The van der Waals surface area contributed by atoms with E-state index in [0.29, 0.717) is 6.54 Å². The number of aryl methyl sites for hydroxylation is 1. The Balaban J connectivity index is 2.05. The van der Waals surface area contributed by atoms with Gasteiger partial charge in [-0.1, -0.05) is 0 Å². The van der Waals surface area contributed by atoms with Crippen molar-refractivity contribution in [2.75, 3.05) is 5.32 Å². The lowest BCUT2D eigenvalue weighted by atomic mass is 10.3. The zero-order valence-corrected chi connectivity index (χ0v) is 11.4. The molecule has 0 atom stereocenters. The number of nitrogens with zero attached hydrogens (tertiary/aromatic N) is 2. The van der Waals surface area contributed by atoms with E-state index >= 15 is 0 Å². The number of nitrogens with two attached hydrogens (primary N) is 1. The number of hydrogen-bond acceptors (Lipinski definition) is 4. The van der Waals surface area contributed by atoms with Gasteiger partial charge in [-0.2, -0.15) is 5.10 Å². The van der Waals surface area contributed by atoms with E-state index in [9.17, 15) is 8.42 Å². The number of benzene rings is 1. The van der Waals surface area contributed by atoms with Gasteiger partial charge in [-0.15, -0.1) is 0 Å². The molecular weight excluding hydrogens is 264 g/mol. The Kier molecular flexibility index (Phi) is 3.87. The molecule has 0 aliphatic heterocycles. The van der Waals surface area contributed by atoms with Crippen LogP contribution >= 0.6 is 0 Å². The molecule has 1 aromatic heterocycles. The van der Waals surface area contributed by atoms with Gasteiger partial charge in [0.05, 0.1) is 17.1 Å². The molecule has 102 valence electrons. The van der Waals surface area contributed by atoms with E-state index < -0.39 is 10.0 Å². The molecule has 1 aromatic carbocycles. The lowest BCUT2D eigenvalue weighted by Gasteiger charge is -2.08. The average Bonchev–Trinajstić information content (AvgIpc) is 2.83. The maximum atomic E-state index is 11.1. The first-order valence-corrected chi connectivity index (χ1v) is 7.43. The van der Waals surface area contributed by atoms with Crippen LogP contribution in [0.2, 0.25) is 0 Å². The van der Waals surface area contributed by atoms with E-state index in [1.54, 1.807) is 18.3 Å². The largest absolute Gasteiger partial charge is 0.379 e. The number of rotatable bonds is 5. The van der Waals surface area contributed by atoms with E-state index in [4.69, 9.17) is 5.14 Å². The lowest BCUT2D eigenvalue weighted by molar-refractivity contribution is 0.598. The highest BCUT2D eigenvalue weighted by atomic mass is 32.2. The summed E-state index contributed by atoms with van der Waals surface area (Å²) in [5, 5.41) is 12.4. The van der Waals surface area contributed by atoms with Crippen LogP contribution in [0.3, 0.4) is 0 Å². The van der Waals surface area contributed by atoms with Crippen LogP contribution < -0.4 is 10.5 Å². The normalized spacial score (nSPS) is 11.5. The summed E-state index contributed by atoms with van der Waals surface area (Å²) in [5.41, 5.74) is 1.90. The highest BCUT2D eigenvalue weighted by Gasteiger charge is 2.06. The summed E-state index contributed by atoms with van der Waals surface area (Å²) >= 11 is 0. The number of anilines is 1. The van der Waals surface area contributed by atoms with E-state index in [1.165, 1.54) is 12.1 Å². The zero-order chi connectivity index (χ0) is 13.9. The number of sulfonamides is 1. The third-order valence-electron chi connectivity index (χ3n) is 2.76. The van der Waals surface area contributed by atoms with Crippen LogP contribution in [-0.2, 0) is 23.1 Å². The van der Waals surface area contributed by atoms with Gasteiger partial charge in [0.1, 0.15) is 0 Å². The Labute approximate surface area is 112 Å². The standard InChI is InChI=1S/C12H16N4O2S/c1-2-16-11(7-8-15-16)9-14-10-3-5-12(6-4-10)19(13,17)18/h3-8,14H,2,9H2,1H3,(H2,13,17,18). The third kappa shape index (κ3) is 3.33. The smallest absolute Gasteiger partial charge is 0.238 e. The molecule has 0 aliphatic rings. The summed E-state index contributed by atoms with van der Waals surface area (Å²) in [4.78, 5) is 0.108. The van der Waals surface area contributed by atoms with Crippen molar-refractivity contribution in [3.8, 4) is 0 Å². The van der Waals surface area contributed by atoms with Gasteiger partial charge in [0.25, 0.3) is 0 Å². The van der Waals surface area contributed by atoms with Crippen molar-refractivity contribution in [2.45, 2.75) is 24.9 Å². The van der Waals surface area contributed by atoms with Crippen LogP contribution in [0.15, 0.2) is 41.4 Å². The molecule has 1 heterocycles. The van der Waals surface area contributed by atoms with Crippen LogP contribution in [0.1, 0.15) is 12.6 Å². The monoisotopic (exact) mass is 280 g/mol. The summed E-state index contributed by atoms with van der Waals surface area (Å²) < 4.78 is 24.1. The Bertz CT molecular complexity index is 647. The molecule has 0 saturated carbocycles. The first kappa shape index (κ1) is 13.6. The molecule has 0 radical (unpaired) electrons. The minimum Gasteiger partial charge on any atom is -0.379 e. The highest BCUT2D eigenvalue weighted by molar-refractivity contribution is 7.89. The molecule has 6 nitrogen and oxygen atoms in total. The van der Waals surface area contributed by atoms with Gasteiger partial charge in [-0.25, -0.2) is 13.6 Å². The summed E-state index contributed by atoms with van der Waals surface area (Å²) in [6.07, 6.45) is 1.75. The summed E-state index contributed by atoms with van der Waals surface area (Å²) in [5.74, 6) is 0. The summed E-state index contributed by atoms with van der Waals surface area (Å²) in [6.45, 7) is 3.47. The fraction of sp³-hybridized carbons (Fsp3) is 0.250. The summed E-state index contributed by atoms with van der Waals surface area (Å²) in [7, 11) is -3.63. The van der Waals surface area contributed by atoms with Crippen molar-refractivity contribution in [3.63, 3.8) is 0 Å². The zero-order valence-electron chi connectivity index (χ0n) is 10.6. The van der Waals surface area contributed by atoms with Crippen molar-refractivity contribution < 1.29 is 8.42 Å². The van der Waals surface area contributed by atoms with Gasteiger partial charge in [0, 0.05) is 18.4 Å². The van der Waals surface area contributed by atoms with E-state index in [1.807, 2.05) is 17.7 Å². The molecule has 2 rings (SSSR count). The van der Waals surface area contributed by atoms with Gasteiger partial charge in [0.15, 0.2) is 0 Å². The first-order valence-electron chi connectivity index (χ1n) is 5.88. The minimum absolute atomic E-state index is 0.108. The molecule has 0 amide bonds. The second-order valence-electron chi connectivity index (χ2n) is 4.06. The van der Waals surface area contributed by atoms with Crippen molar-refractivity contribution in [2.24, 2.45) is 5.14 Å². The van der Waals surface area contributed by atoms with Crippen molar-refractivity contribution in [1.82, 2.24) is 9.78 Å². The molecular formula is C12H16N4O2S. The average molecular weight is 280 g/mol. The Morgan fingerprint density at radius 3 is 2.53 bits per heavy atom. The van der Waals surface area contributed by atoms with E-state index in [2.05, 4.69) is 10.4 Å². The topological polar surface area (TPSA) is 90.0 Å². The lowest BCUT2D eigenvalue weighted by Crippen LogP contribution is -2.12. The minimum atomic E-state index is -3.63. The molecule has 0 unspecified atom stereocenters. The quantitative estimate of drug-likeness (QED) is 0.860. The van der Waals surface area contributed by atoms with Crippen molar-refractivity contribution in [1.29, 1.82) is 0 Å². The van der Waals surface area contributed by atoms with E-state index in [0.717, 1.165) is 17.9 Å². The maximum absolute atomic E-state index is 11.1. The second kappa shape index (κ2) is 5.41. The van der Waals surface area contributed by atoms with Gasteiger partial charge in [-0.05, 0) is 37.3 Å². The van der Waals surface area contributed by atoms with Gasteiger partial charge >= 0.3 is 0 Å². The van der Waals surface area contributed by atoms with Crippen LogP contribution in [0.5, 0.6) is 0 Å². The molecule has 0 spiro atoms. The second-order valence-corrected chi connectivity index (χ2v) is 5.62. The fourth-order valence-electron chi connectivity index (χ4n) is 1.75. The van der Waals surface area contributed by atoms with Gasteiger partial charge in [-0.3, -0.25) is 4.68 Å². The molecule has 0 saturated heterocycles. The molecule has 3 N–H and O–H groups in total. The Hall–Kier alpha value is -1.86. The SMILES string of the molecule is CCn1nccc1CNc1ccc(S(N)(=O)=O)cc1. The fourth-order valence-corrected chi connectivity index (χ4v) is 2.27. The Morgan fingerprint density at radius 1 is 1.26 bits per heavy atom.